The highest BCUT2D eigenvalue weighted by Gasteiger charge is 2.25. The topological polar surface area (TPSA) is 73.5 Å². The molecule has 0 spiro atoms. The van der Waals surface area contributed by atoms with Crippen LogP contribution < -0.4 is 5.56 Å². The second-order valence-electron chi connectivity index (χ2n) is 5.70. The van der Waals surface area contributed by atoms with Gasteiger partial charge in [0.1, 0.15) is 5.39 Å². The Bertz CT molecular complexity index is 1000. The Balaban J connectivity index is 2.39. The molecule has 3 rings (SSSR count). The third-order valence-corrected chi connectivity index (χ3v) is 4.27. The van der Waals surface area contributed by atoms with E-state index in [1.165, 1.54) is 4.57 Å². The highest BCUT2D eigenvalue weighted by atomic mass is 16.5. The minimum absolute atomic E-state index is 0.0122. The van der Waals surface area contributed by atoms with Crippen molar-refractivity contribution in [2.75, 3.05) is 6.61 Å². The fourth-order valence-electron chi connectivity index (χ4n) is 3.08. The molecule has 0 aliphatic carbocycles. The Kier molecular flexibility index (Phi) is 4.35. The number of rotatable bonds is 4. The Morgan fingerprint density at radius 1 is 1.20 bits per heavy atom. The van der Waals surface area contributed by atoms with Crippen LogP contribution in [0, 0.1) is 0 Å². The molecule has 2 heterocycles. The summed E-state index contributed by atoms with van der Waals surface area (Å²) < 4.78 is 8.08. The molecule has 0 radical (unpaired) electrons. The Hall–Kier alpha value is -3.02. The predicted octanol–water partition coefficient (Wildman–Crippen LogP) is 2.77. The van der Waals surface area contributed by atoms with Gasteiger partial charge in [-0.2, -0.15) is 0 Å². The SMILES string of the molecule is CCOC(=O)c1c(O)c2c(=O)n(-c3ccccc3)c(CC)cc2n1C. The van der Waals surface area contributed by atoms with Crippen LogP contribution in [0.5, 0.6) is 5.75 Å². The molecule has 6 nitrogen and oxygen atoms in total. The van der Waals surface area contributed by atoms with Gasteiger partial charge in [-0.15, -0.1) is 0 Å². The van der Waals surface area contributed by atoms with Crippen LogP contribution in [0.3, 0.4) is 0 Å². The van der Waals surface area contributed by atoms with E-state index in [0.29, 0.717) is 17.6 Å². The van der Waals surface area contributed by atoms with Crippen LogP contribution in [0.15, 0.2) is 41.2 Å². The predicted molar refractivity (Wildman–Crippen MR) is 95.5 cm³/mol. The van der Waals surface area contributed by atoms with Crippen molar-refractivity contribution in [2.45, 2.75) is 20.3 Å². The number of nitrogens with zero attached hydrogens (tertiary/aromatic N) is 2. The summed E-state index contributed by atoms with van der Waals surface area (Å²) in [5.74, 6) is -0.990. The third kappa shape index (κ3) is 2.59. The lowest BCUT2D eigenvalue weighted by Gasteiger charge is -2.12. The molecular weight excluding hydrogens is 320 g/mol. The number of ether oxygens (including phenoxy) is 1. The van der Waals surface area contributed by atoms with E-state index in [1.54, 1.807) is 18.5 Å². The minimum Gasteiger partial charge on any atom is -0.505 e. The molecule has 1 aromatic carbocycles. The molecule has 0 bridgehead atoms. The van der Waals surface area contributed by atoms with Crippen LogP contribution in [0.2, 0.25) is 0 Å². The average molecular weight is 340 g/mol. The van der Waals surface area contributed by atoms with Gasteiger partial charge in [-0.3, -0.25) is 9.36 Å². The smallest absolute Gasteiger partial charge is 0.358 e. The van der Waals surface area contributed by atoms with Gasteiger partial charge in [0.2, 0.25) is 0 Å². The van der Waals surface area contributed by atoms with E-state index in [2.05, 4.69) is 0 Å². The molecule has 0 saturated heterocycles. The molecule has 0 fully saturated rings. The number of aryl methyl sites for hydroxylation is 2. The van der Waals surface area contributed by atoms with E-state index in [9.17, 15) is 14.7 Å². The standard InChI is InChI=1S/C19H20N2O4/c1-4-12-11-14-15(17(22)16(20(14)3)19(24)25-5-2)18(23)21(12)13-9-7-6-8-10-13/h6-11,22H,4-5H2,1-3H3. The first-order valence-electron chi connectivity index (χ1n) is 8.20. The molecule has 0 saturated carbocycles. The zero-order valence-corrected chi connectivity index (χ0v) is 14.4. The summed E-state index contributed by atoms with van der Waals surface area (Å²) in [5, 5.41) is 10.7. The zero-order valence-electron chi connectivity index (χ0n) is 14.4. The summed E-state index contributed by atoms with van der Waals surface area (Å²) >= 11 is 0. The third-order valence-electron chi connectivity index (χ3n) is 4.27. The molecule has 3 aromatic rings. The van der Waals surface area contributed by atoms with E-state index in [0.717, 1.165) is 5.69 Å². The van der Waals surface area contributed by atoms with E-state index in [1.807, 2.05) is 43.3 Å². The van der Waals surface area contributed by atoms with Crippen LogP contribution in [0.1, 0.15) is 30.0 Å². The lowest BCUT2D eigenvalue weighted by atomic mass is 10.2. The Morgan fingerprint density at radius 2 is 1.88 bits per heavy atom. The number of esters is 1. The van der Waals surface area contributed by atoms with E-state index < -0.39 is 5.97 Å². The van der Waals surface area contributed by atoms with Crippen LogP contribution in [0.25, 0.3) is 16.6 Å². The summed E-state index contributed by atoms with van der Waals surface area (Å²) in [6, 6.07) is 11.1. The van der Waals surface area contributed by atoms with Crippen molar-refractivity contribution in [3.8, 4) is 11.4 Å². The molecule has 0 aliphatic heterocycles. The van der Waals surface area contributed by atoms with Crippen LogP contribution in [0.4, 0.5) is 0 Å². The molecule has 6 heteroatoms. The van der Waals surface area contributed by atoms with Gasteiger partial charge < -0.3 is 14.4 Å². The molecule has 0 aliphatic rings. The van der Waals surface area contributed by atoms with E-state index >= 15 is 0 Å². The van der Waals surface area contributed by atoms with Gasteiger partial charge >= 0.3 is 5.97 Å². The van der Waals surface area contributed by atoms with Crippen molar-refractivity contribution in [1.29, 1.82) is 0 Å². The van der Waals surface area contributed by atoms with Gasteiger partial charge in [0.25, 0.3) is 5.56 Å². The number of benzene rings is 1. The number of hydrogen-bond donors (Lipinski definition) is 1. The number of aromatic hydroxyl groups is 1. The maximum atomic E-state index is 13.1. The number of hydrogen-bond acceptors (Lipinski definition) is 4. The molecule has 0 atom stereocenters. The van der Waals surface area contributed by atoms with Gasteiger partial charge in [0, 0.05) is 18.4 Å². The van der Waals surface area contributed by atoms with Gasteiger partial charge in [0.05, 0.1) is 12.1 Å². The number of carbonyl (C=O) groups is 1. The second-order valence-corrected chi connectivity index (χ2v) is 5.70. The summed E-state index contributed by atoms with van der Waals surface area (Å²) in [5.41, 5.74) is 1.65. The van der Waals surface area contributed by atoms with Crippen molar-refractivity contribution in [1.82, 2.24) is 9.13 Å². The number of fused-ring (bicyclic) bond motifs is 1. The fraction of sp³-hybridized carbons (Fsp3) is 0.263. The molecule has 0 unspecified atom stereocenters. The summed E-state index contributed by atoms with van der Waals surface area (Å²) in [7, 11) is 1.64. The molecule has 1 N–H and O–H groups in total. The van der Waals surface area contributed by atoms with E-state index in [-0.39, 0.29) is 29.0 Å². The molecule has 25 heavy (non-hydrogen) atoms. The average Bonchev–Trinajstić information content (AvgIpc) is 2.86. The molecule has 0 amide bonds. The lowest BCUT2D eigenvalue weighted by Crippen LogP contribution is -2.21. The first-order valence-corrected chi connectivity index (χ1v) is 8.20. The first kappa shape index (κ1) is 16.8. The monoisotopic (exact) mass is 340 g/mol. The van der Waals surface area contributed by atoms with Crippen molar-refractivity contribution < 1.29 is 14.6 Å². The molecule has 130 valence electrons. The van der Waals surface area contributed by atoms with Crippen molar-refractivity contribution in [2.24, 2.45) is 7.05 Å². The summed E-state index contributed by atoms with van der Waals surface area (Å²) in [6.07, 6.45) is 0.626. The van der Waals surface area contributed by atoms with Crippen LogP contribution in [-0.2, 0) is 18.2 Å². The molecular formula is C19H20N2O4. The van der Waals surface area contributed by atoms with Crippen LogP contribution >= 0.6 is 0 Å². The maximum absolute atomic E-state index is 13.1. The highest BCUT2D eigenvalue weighted by molar-refractivity contribution is 6.01. The fourth-order valence-corrected chi connectivity index (χ4v) is 3.08. The van der Waals surface area contributed by atoms with Gasteiger partial charge in [-0.05, 0) is 31.5 Å². The Labute approximate surface area is 144 Å². The highest BCUT2D eigenvalue weighted by Crippen LogP contribution is 2.31. The van der Waals surface area contributed by atoms with Gasteiger partial charge in [-0.1, -0.05) is 25.1 Å². The minimum atomic E-state index is -0.651. The second kappa shape index (κ2) is 6.47. The maximum Gasteiger partial charge on any atom is 0.358 e. The summed E-state index contributed by atoms with van der Waals surface area (Å²) in [4.78, 5) is 25.3. The zero-order chi connectivity index (χ0) is 18.1. The molecule has 2 aromatic heterocycles. The van der Waals surface area contributed by atoms with Crippen molar-refractivity contribution >= 4 is 16.9 Å². The number of pyridine rings is 1. The van der Waals surface area contributed by atoms with Crippen LogP contribution in [-0.4, -0.2) is 26.8 Å². The van der Waals surface area contributed by atoms with Crippen molar-refractivity contribution in [3.05, 3.63) is 58.1 Å². The Morgan fingerprint density at radius 3 is 2.48 bits per heavy atom. The van der Waals surface area contributed by atoms with E-state index in [4.69, 9.17) is 4.74 Å². The van der Waals surface area contributed by atoms with Gasteiger partial charge in [-0.25, -0.2) is 4.79 Å². The lowest BCUT2D eigenvalue weighted by molar-refractivity contribution is 0.0512. The summed E-state index contributed by atoms with van der Waals surface area (Å²) in [6.45, 7) is 3.83. The normalized spacial score (nSPS) is 11.0. The number of para-hydroxylation sites is 1. The number of carbonyl (C=O) groups excluding carboxylic acids is 1. The van der Waals surface area contributed by atoms with Crippen molar-refractivity contribution in [3.63, 3.8) is 0 Å². The number of aromatic nitrogens is 2. The quantitative estimate of drug-likeness (QED) is 0.741. The largest absolute Gasteiger partial charge is 0.505 e. The first-order chi connectivity index (χ1) is 12.0. The van der Waals surface area contributed by atoms with Gasteiger partial charge in [0.15, 0.2) is 11.4 Å².